The van der Waals surface area contributed by atoms with Gasteiger partial charge in [-0.05, 0) is 67.0 Å². The van der Waals surface area contributed by atoms with Crippen molar-refractivity contribution in [1.29, 1.82) is 0 Å². The third-order valence-electron chi connectivity index (χ3n) is 7.49. The fourth-order valence-corrected chi connectivity index (χ4v) is 5.25. The first-order valence-electron chi connectivity index (χ1n) is 11.7. The molecule has 8 nitrogen and oxygen atoms in total. The predicted octanol–water partition coefficient (Wildman–Crippen LogP) is 3.54. The highest BCUT2D eigenvalue weighted by Gasteiger charge is 2.54. The van der Waals surface area contributed by atoms with E-state index in [-0.39, 0.29) is 11.3 Å². The molecule has 34 heavy (non-hydrogen) atoms. The van der Waals surface area contributed by atoms with E-state index in [0.717, 1.165) is 55.5 Å². The number of furan rings is 1. The Morgan fingerprint density at radius 3 is 2.74 bits per heavy atom. The number of rotatable bonds is 6. The number of aromatic nitrogens is 3. The normalized spacial score (nSPS) is 20.0. The molecule has 0 radical (unpaired) electrons. The average Bonchev–Trinajstić information content (AvgIpc) is 3.26. The summed E-state index contributed by atoms with van der Waals surface area (Å²) in [6.45, 7) is 2.29. The topological polar surface area (TPSA) is 96.4 Å². The highest BCUT2D eigenvalue weighted by molar-refractivity contribution is 5.94. The minimum absolute atomic E-state index is 0.0946. The minimum atomic E-state index is -0.836. The number of carbonyl (C=O) groups excluding carboxylic acids is 1. The van der Waals surface area contributed by atoms with E-state index < -0.39 is 6.23 Å². The van der Waals surface area contributed by atoms with Crippen LogP contribution >= 0.6 is 0 Å². The zero-order valence-corrected chi connectivity index (χ0v) is 18.8. The van der Waals surface area contributed by atoms with Crippen LogP contribution in [0.2, 0.25) is 0 Å². The second-order valence-electron chi connectivity index (χ2n) is 9.45. The van der Waals surface area contributed by atoms with E-state index >= 15 is 0 Å². The Labute approximate surface area is 197 Å². The van der Waals surface area contributed by atoms with Gasteiger partial charge in [0.2, 0.25) is 0 Å². The van der Waals surface area contributed by atoms with Crippen LogP contribution < -0.4 is 5.32 Å². The van der Waals surface area contributed by atoms with Crippen LogP contribution in [0.3, 0.4) is 0 Å². The lowest BCUT2D eigenvalue weighted by atomic mass is 9.90. The van der Waals surface area contributed by atoms with Gasteiger partial charge >= 0.3 is 0 Å². The number of hydrogen-bond acceptors (Lipinski definition) is 6. The molecule has 4 heterocycles. The molecular weight excluding hydrogens is 430 g/mol. The molecule has 2 fully saturated rings. The van der Waals surface area contributed by atoms with Gasteiger partial charge in [-0.15, -0.1) is 0 Å². The third kappa shape index (κ3) is 3.89. The molecule has 8 heteroatoms. The lowest BCUT2D eigenvalue weighted by Crippen LogP contribution is -2.40. The van der Waals surface area contributed by atoms with Gasteiger partial charge in [-0.1, -0.05) is 0 Å². The molecule has 2 N–H and O–H groups in total. The van der Waals surface area contributed by atoms with E-state index in [1.165, 1.54) is 0 Å². The highest BCUT2D eigenvalue weighted by atomic mass is 16.4. The Balaban J connectivity index is 1.01. The Morgan fingerprint density at radius 1 is 1.18 bits per heavy atom. The molecule has 1 spiro atoms. The van der Waals surface area contributed by atoms with Crippen LogP contribution in [-0.4, -0.2) is 50.1 Å². The SMILES string of the molecule is O=C(c1ccc(-n2ccnc2)cc1)N1CCC2(CC1)CC2CNC(O)c1cc2ccncc2o1. The maximum Gasteiger partial charge on any atom is 0.253 e. The van der Waals surface area contributed by atoms with E-state index in [9.17, 15) is 9.90 Å². The fraction of sp³-hybridized carbons (Fsp3) is 0.346. The molecule has 1 aliphatic carbocycles. The van der Waals surface area contributed by atoms with Crippen LogP contribution in [0.1, 0.15) is 41.6 Å². The molecule has 2 unspecified atom stereocenters. The summed E-state index contributed by atoms with van der Waals surface area (Å²) >= 11 is 0. The van der Waals surface area contributed by atoms with E-state index in [1.54, 1.807) is 24.9 Å². The number of pyridine rings is 1. The largest absolute Gasteiger partial charge is 0.455 e. The molecule has 2 atom stereocenters. The van der Waals surface area contributed by atoms with Crippen LogP contribution in [0.5, 0.6) is 0 Å². The Bertz CT molecular complexity index is 1260. The molecular formula is C26H27N5O3. The molecule has 1 amide bonds. The van der Waals surface area contributed by atoms with Crippen molar-refractivity contribution in [3.63, 3.8) is 0 Å². The maximum atomic E-state index is 13.0. The summed E-state index contributed by atoms with van der Waals surface area (Å²) in [5.74, 6) is 1.12. The summed E-state index contributed by atoms with van der Waals surface area (Å²) in [7, 11) is 0. The van der Waals surface area contributed by atoms with Gasteiger partial charge in [0.25, 0.3) is 5.91 Å². The molecule has 0 bridgehead atoms. The predicted molar refractivity (Wildman–Crippen MR) is 126 cm³/mol. The minimum Gasteiger partial charge on any atom is -0.455 e. The number of hydrogen-bond donors (Lipinski definition) is 2. The molecule has 3 aromatic heterocycles. The molecule has 1 aromatic carbocycles. The van der Waals surface area contributed by atoms with Gasteiger partial charge in [0.05, 0.1) is 12.5 Å². The zero-order valence-electron chi connectivity index (χ0n) is 18.8. The smallest absolute Gasteiger partial charge is 0.253 e. The summed E-state index contributed by atoms with van der Waals surface area (Å²) in [4.78, 5) is 23.1. The van der Waals surface area contributed by atoms with Crippen LogP contribution in [0.15, 0.2) is 71.9 Å². The standard InChI is InChI=1S/C26H27N5O3/c32-24(22-13-19-5-8-27-16-23(19)34-22)29-15-20-14-26(20)6-10-30(11-7-26)25(33)18-1-3-21(4-2-18)31-12-9-28-17-31/h1-5,8-9,12-13,16-17,20,24,29,32H,6-7,10-11,14-15H2. The quantitative estimate of drug-likeness (QED) is 0.430. The number of piperidine rings is 1. The lowest BCUT2D eigenvalue weighted by Gasteiger charge is -2.33. The van der Waals surface area contributed by atoms with Crippen LogP contribution in [-0.2, 0) is 0 Å². The second kappa shape index (κ2) is 8.38. The van der Waals surface area contributed by atoms with Crippen molar-refractivity contribution < 1.29 is 14.3 Å². The van der Waals surface area contributed by atoms with Crippen molar-refractivity contribution in [3.05, 3.63) is 78.8 Å². The third-order valence-corrected chi connectivity index (χ3v) is 7.49. The van der Waals surface area contributed by atoms with E-state index in [2.05, 4.69) is 15.3 Å². The molecule has 1 aliphatic heterocycles. The van der Waals surface area contributed by atoms with Crippen LogP contribution in [0, 0.1) is 11.3 Å². The fourth-order valence-electron chi connectivity index (χ4n) is 5.25. The van der Waals surface area contributed by atoms with Crippen molar-refractivity contribution in [2.24, 2.45) is 11.3 Å². The Morgan fingerprint density at radius 2 is 2.00 bits per heavy atom. The number of amides is 1. The molecule has 1 saturated carbocycles. The van der Waals surface area contributed by atoms with Gasteiger partial charge in [0, 0.05) is 54.9 Å². The Kier molecular flexibility index (Phi) is 5.19. The number of fused-ring (bicyclic) bond motifs is 1. The first kappa shape index (κ1) is 21.1. The van der Waals surface area contributed by atoms with Gasteiger partial charge in [-0.3, -0.25) is 15.1 Å². The number of aliphatic hydroxyl groups is 1. The Hall–Kier alpha value is -3.49. The van der Waals surface area contributed by atoms with Crippen molar-refractivity contribution in [2.45, 2.75) is 25.5 Å². The number of imidazole rings is 1. The van der Waals surface area contributed by atoms with Crippen molar-refractivity contribution in [1.82, 2.24) is 24.8 Å². The van der Waals surface area contributed by atoms with Gasteiger partial charge in [-0.25, -0.2) is 4.98 Å². The van der Waals surface area contributed by atoms with Gasteiger partial charge in [-0.2, -0.15) is 0 Å². The molecule has 6 rings (SSSR count). The number of nitrogens with zero attached hydrogens (tertiary/aromatic N) is 4. The average molecular weight is 458 g/mol. The number of nitrogens with one attached hydrogen (secondary N) is 1. The second-order valence-corrected chi connectivity index (χ2v) is 9.45. The molecule has 4 aromatic rings. The molecule has 2 aliphatic rings. The molecule has 1 saturated heterocycles. The van der Waals surface area contributed by atoms with E-state index in [1.807, 2.05) is 52.1 Å². The summed E-state index contributed by atoms with van der Waals surface area (Å²) in [5.41, 5.74) is 2.67. The van der Waals surface area contributed by atoms with Gasteiger partial charge in [0.1, 0.15) is 5.76 Å². The maximum absolute atomic E-state index is 13.0. The van der Waals surface area contributed by atoms with Crippen LogP contribution in [0.25, 0.3) is 16.7 Å². The number of aliphatic hydroxyl groups excluding tert-OH is 1. The van der Waals surface area contributed by atoms with E-state index in [4.69, 9.17) is 4.42 Å². The molecule has 174 valence electrons. The number of carbonyl (C=O) groups is 1. The zero-order chi connectivity index (χ0) is 23.1. The summed E-state index contributed by atoms with van der Waals surface area (Å²) in [6.07, 6.45) is 11.0. The number of likely N-dealkylation sites (tertiary alicyclic amines) is 1. The van der Waals surface area contributed by atoms with Crippen molar-refractivity contribution >= 4 is 16.9 Å². The van der Waals surface area contributed by atoms with Crippen molar-refractivity contribution in [3.8, 4) is 5.69 Å². The first-order chi connectivity index (χ1) is 16.6. The van der Waals surface area contributed by atoms with Crippen LogP contribution in [0.4, 0.5) is 0 Å². The number of benzene rings is 1. The van der Waals surface area contributed by atoms with Gasteiger partial charge < -0.3 is 19.0 Å². The van der Waals surface area contributed by atoms with Crippen molar-refractivity contribution in [2.75, 3.05) is 19.6 Å². The van der Waals surface area contributed by atoms with Gasteiger partial charge in [0.15, 0.2) is 11.8 Å². The monoisotopic (exact) mass is 457 g/mol. The summed E-state index contributed by atoms with van der Waals surface area (Å²) in [5, 5.41) is 14.7. The summed E-state index contributed by atoms with van der Waals surface area (Å²) in [6, 6.07) is 11.4. The first-order valence-corrected chi connectivity index (χ1v) is 11.7. The highest BCUT2D eigenvalue weighted by Crippen LogP contribution is 2.59. The lowest BCUT2D eigenvalue weighted by molar-refractivity contribution is 0.0663. The summed E-state index contributed by atoms with van der Waals surface area (Å²) < 4.78 is 7.63. The van der Waals surface area contributed by atoms with E-state index in [0.29, 0.717) is 17.3 Å².